The second kappa shape index (κ2) is 4.18. The minimum absolute atomic E-state index is 0.0338. The average molecular weight is 221 g/mol. The van der Waals surface area contributed by atoms with Crippen molar-refractivity contribution >= 4 is 17.6 Å². The van der Waals surface area contributed by atoms with Crippen LogP contribution in [0.5, 0.6) is 5.88 Å². The highest BCUT2D eigenvalue weighted by atomic mass is 16.5. The van der Waals surface area contributed by atoms with Gasteiger partial charge in [0.1, 0.15) is 0 Å². The molecule has 6 nitrogen and oxygen atoms in total. The van der Waals surface area contributed by atoms with Gasteiger partial charge in [-0.25, -0.2) is 14.7 Å². The SMILES string of the molecule is CCOc1ccc(N2C(=O)CNC2=O)cn1. The summed E-state index contributed by atoms with van der Waals surface area (Å²) in [4.78, 5) is 27.8. The average Bonchev–Trinajstić information content (AvgIpc) is 2.61. The van der Waals surface area contributed by atoms with Crippen molar-refractivity contribution in [3.05, 3.63) is 18.3 Å². The summed E-state index contributed by atoms with van der Waals surface area (Å²) in [7, 11) is 0. The van der Waals surface area contributed by atoms with Crippen LogP contribution in [0.15, 0.2) is 18.3 Å². The van der Waals surface area contributed by atoms with Crippen LogP contribution in [0.2, 0.25) is 0 Å². The van der Waals surface area contributed by atoms with Gasteiger partial charge in [-0.15, -0.1) is 0 Å². The predicted molar refractivity (Wildman–Crippen MR) is 56.3 cm³/mol. The van der Waals surface area contributed by atoms with Crippen LogP contribution in [-0.4, -0.2) is 30.1 Å². The first-order valence-electron chi connectivity index (χ1n) is 4.92. The van der Waals surface area contributed by atoms with Gasteiger partial charge in [0, 0.05) is 6.07 Å². The van der Waals surface area contributed by atoms with Crippen LogP contribution in [0, 0.1) is 0 Å². The minimum atomic E-state index is -0.420. The second-order valence-corrected chi connectivity index (χ2v) is 3.18. The van der Waals surface area contributed by atoms with E-state index >= 15 is 0 Å². The number of nitrogens with one attached hydrogen (secondary N) is 1. The Balaban J connectivity index is 2.21. The standard InChI is InChI=1S/C10H11N3O3/c1-2-16-8-4-3-7(5-11-8)13-9(14)6-12-10(13)15/h3-5H,2,6H2,1H3,(H,12,15). The lowest BCUT2D eigenvalue weighted by molar-refractivity contribution is -0.115. The van der Waals surface area contributed by atoms with Gasteiger partial charge in [0.2, 0.25) is 5.88 Å². The van der Waals surface area contributed by atoms with Gasteiger partial charge in [-0.1, -0.05) is 0 Å². The normalized spacial score (nSPS) is 15.2. The summed E-state index contributed by atoms with van der Waals surface area (Å²) in [5.41, 5.74) is 0.448. The molecule has 3 amide bonds. The molecule has 0 bridgehead atoms. The molecule has 0 atom stereocenters. The maximum Gasteiger partial charge on any atom is 0.329 e. The van der Waals surface area contributed by atoms with Gasteiger partial charge in [0.05, 0.1) is 25.0 Å². The number of ether oxygens (including phenoxy) is 1. The van der Waals surface area contributed by atoms with Crippen molar-refractivity contribution in [2.75, 3.05) is 18.1 Å². The van der Waals surface area contributed by atoms with Gasteiger partial charge < -0.3 is 10.1 Å². The Morgan fingerprint density at radius 1 is 1.50 bits per heavy atom. The monoisotopic (exact) mass is 221 g/mol. The smallest absolute Gasteiger partial charge is 0.329 e. The molecule has 1 saturated heterocycles. The molecule has 0 aromatic carbocycles. The molecule has 0 aliphatic carbocycles. The Bertz CT molecular complexity index is 400. The lowest BCUT2D eigenvalue weighted by Gasteiger charge is -2.11. The summed E-state index contributed by atoms with van der Waals surface area (Å²) in [6.07, 6.45) is 1.44. The van der Waals surface area contributed by atoms with Crippen LogP contribution >= 0.6 is 0 Å². The Kier molecular flexibility index (Phi) is 2.72. The Labute approximate surface area is 92.2 Å². The quantitative estimate of drug-likeness (QED) is 0.756. The van der Waals surface area contributed by atoms with E-state index in [0.29, 0.717) is 18.2 Å². The molecule has 2 rings (SSSR count). The van der Waals surface area contributed by atoms with Crippen molar-refractivity contribution in [1.29, 1.82) is 0 Å². The number of rotatable bonds is 3. The number of imide groups is 1. The first-order valence-corrected chi connectivity index (χ1v) is 4.92. The molecule has 1 N–H and O–H groups in total. The molecule has 0 saturated carbocycles. The number of hydrogen-bond acceptors (Lipinski definition) is 4. The van der Waals surface area contributed by atoms with Crippen LogP contribution in [-0.2, 0) is 4.79 Å². The third-order valence-electron chi connectivity index (χ3n) is 2.11. The number of urea groups is 1. The third kappa shape index (κ3) is 1.81. The Morgan fingerprint density at radius 2 is 2.31 bits per heavy atom. The lowest BCUT2D eigenvalue weighted by atomic mass is 10.4. The maximum absolute atomic E-state index is 11.4. The number of hydrogen-bond donors (Lipinski definition) is 1. The van der Waals surface area contributed by atoms with Crippen molar-refractivity contribution in [2.45, 2.75) is 6.92 Å². The first kappa shape index (κ1) is 10.4. The first-order chi connectivity index (χ1) is 7.72. The van der Waals surface area contributed by atoms with E-state index < -0.39 is 6.03 Å². The summed E-state index contributed by atoms with van der Waals surface area (Å²) in [6, 6.07) is 2.83. The van der Waals surface area contributed by atoms with Gasteiger partial charge >= 0.3 is 6.03 Å². The topological polar surface area (TPSA) is 71.5 Å². The molecule has 0 radical (unpaired) electrons. The van der Waals surface area contributed by atoms with E-state index in [-0.39, 0.29) is 12.5 Å². The fourth-order valence-corrected chi connectivity index (χ4v) is 1.42. The van der Waals surface area contributed by atoms with Crippen LogP contribution in [0.25, 0.3) is 0 Å². The molecule has 16 heavy (non-hydrogen) atoms. The molecule has 1 fully saturated rings. The fraction of sp³-hybridized carbons (Fsp3) is 0.300. The van der Waals surface area contributed by atoms with Crippen LogP contribution in [0.4, 0.5) is 10.5 Å². The summed E-state index contributed by atoms with van der Waals surface area (Å²) < 4.78 is 5.16. The molecule has 1 aromatic heterocycles. The maximum atomic E-state index is 11.4. The zero-order chi connectivity index (χ0) is 11.5. The van der Waals surface area contributed by atoms with E-state index in [1.54, 1.807) is 12.1 Å². The number of carbonyl (C=O) groups is 2. The van der Waals surface area contributed by atoms with Gasteiger partial charge in [-0.05, 0) is 13.0 Å². The highest BCUT2D eigenvalue weighted by molar-refractivity contribution is 6.19. The van der Waals surface area contributed by atoms with E-state index in [1.165, 1.54) is 6.20 Å². The number of nitrogens with zero attached hydrogens (tertiary/aromatic N) is 2. The molecular formula is C10H11N3O3. The van der Waals surface area contributed by atoms with Crippen LogP contribution < -0.4 is 15.0 Å². The van der Waals surface area contributed by atoms with E-state index in [9.17, 15) is 9.59 Å². The second-order valence-electron chi connectivity index (χ2n) is 3.18. The summed E-state index contributed by atoms with van der Waals surface area (Å²) in [6.45, 7) is 2.41. The summed E-state index contributed by atoms with van der Waals surface area (Å²) in [5.74, 6) is 0.189. The van der Waals surface area contributed by atoms with E-state index in [2.05, 4.69) is 10.3 Å². The Morgan fingerprint density at radius 3 is 2.81 bits per heavy atom. The summed E-state index contributed by atoms with van der Waals surface area (Å²) >= 11 is 0. The number of pyridine rings is 1. The highest BCUT2D eigenvalue weighted by Crippen LogP contribution is 2.18. The van der Waals surface area contributed by atoms with Gasteiger partial charge in [0.25, 0.3) is 5.91 Å². The van der Waals surface area contributed by atoms with E-state index in [4.69, 9.17) is 4.74 Å². The molecular weight excluding hydrogens is 210 g/mol. The van der Waals surface area contributed by atoms with Gasteiger partial charge in [-0.2, -0.15) is 0 Å². The fourth-order valence-electron chi connectivity index (χ4n) is 1.42. The van der Waals surface area contributed by atoms with Gasteiger partial charge in [-0.3, -0.25) is 4.79 Å². The van der Waals surface area contributed by atoms with Crippen LogP contribution in [0.3, 0.4) is 0 Å². The molecule has 84 valence electrons. The zero-order valence-electron chi connectivity index (χ0n) is 8.77. The zero-order valence-corrected chi connectivity index (χ0v) is 8.77. The third-order valence-corrected chi connectivity index (χ3v) is 2.11. The molecule has 2 heterocycles. The van der Waals surface area contributed by atoms with Gasteiger partial charge in [0.15, 0.2) is 0 Å². The number of carbonyl (C=O) groups excluding carboxylic acids is 2. The number of anilines is 1. The van der Waals surface area contributed by atoms with Crippen molar-refractivity contribution < 1.29 is 14.3 Å². The van der Waals surface area contributed by atoms with Crippen molar-refractivity contribution in [3.8, 4) is 5.88 Å². The molecule has 0 spiro atoms. The largest absolute Gasteiger partial charge is 0.478 e. The molecule has 1 aromatic rings. The number of aromatic nitrogens is 1. The molecule has 0 unspecified atom stereocenters. The minimum Gasteiger partial charge on any atom is -0.478 e. The van der Waals surface area contributed by atoms with E-state index in [0.717, 1.165) is 4.90 Å². The molecule has 1 aliphatic rings. The number of amides is 3. The van der Waals surface area contributed by atoms with Crippen molar-refractivity contribution in [1.82, 2.24) is 10.3 Å². The van der Waals surface area contributed by atoms with Crippen LogP contribution in [0.1, 0.15) is 6.92 Å². The molecule has 6 heteroatoms. The molecule has 1 aliphatic heterocycles. The predicted octanol–water partition coefficient (Wildman–Crippen LogP) is 0.536. The Hall–Kier alpha value is -2.11. The van der Waals surface area contributed by atoms with Crippen molar-refractivity contribution in [3.63, 3.8) is 0 Å². The van der Waals surface area contributed by atoms with Crippen molar-refractivity contribution in [2.24, 2.45) is 0 Å². The summed E-state index contributed by atoms with van der Waals surface area (Å²) in [5, 5.41) is 2.44. The van der Waals surface area contributed by atoms with E-state index in [1.807, 2.05) is 6.92 Å². The highest BCUT2D eigenvalue weighted by Gasteiger charge is 2.30. The lowest BCUT2D eigenvalue weighted by Crippen LogP contribution is -2.30.